The zero-order valence-corrected chi connectivity index (χ0v) is 18.6. The minimum atomic E-state index is -0.259. The number of benzene rings is 3. The Hall–Kier alpha value is -3.84. The number of ether oxygens (including phenoxy) is 1. The molecule has 2 aliphatic heterocycles. The van der Waals surface area contributed by atoms with Crippen molar-refractivity contribution in [3.63, 3.8) is 0 Å². The van der Waals surface area contributed by atoms with E-state index < -0.39 is 0 Å². The second-order valence-corrected chi connectivity index (χ2v) is 8.44. The van der Waals surface area contributed by atoms with Gasteiger partial charge in [0, 0.05) is 24.3 Å². The molecule has 3 aromatic rings. The quantitative estimate of drug-likeness (QED) is 0.563. The Morgan fingerprint density at radius 3 is 2.58 bits per heavy atom. The van der Waals surface area contributed by atoms with Gasteiger partial charge in [-0.25, -0.2) is 10.4 Å². The smallest absolute Gasteiger partial charge is 0.251 e. The topological polar surface area (TPSA) is 82.7 Å². The molecule has 3 aromatic carbocycles. The lowest BCUT2D eigenvalue weighted by Crippen LogP contribution is -2.35. The van der Waals surface area contributed by atoms with Crippen LogP contribution in [-0.4, -0.2) is 25.5 Å². The number of carbonyl (C=O) groups is 2. The fourth-order valence-corrected chi connectivity index (χ4v) is 4.36. The number of nitrogens with one attached hydrogen (secondary N) is 3. The third kappa shape index (κ3) is 4.03. The van der Waals surface area contributed by atoms with Crippen LogP contribution in [0.4, 0.5) is 11.4 Å². The van der Waals surface area contributed by atoms with Crippen molar-refractivity contribution >= 4 is 23.2 Å². The van der Waals surface area contributed by atoms with E-state index in [0.717, 1.165) is 28.3 Å². The monoisotopic (exact) mass is 442 g/mol. The summed E-state index contributed by atoms with van der Waals surface area (Å²) >= 11 is 0. The molecule has 2 heterocycles. The number of hydrazine groups is 1. The van der Waals surface area contributed by atoms with Gasteiger partial charge in [-0.2, -0.15) is 0 Å². The van der Waals surface area contributed by atoms with Crippen molar-refractivity contribution in [2.45, 2.75) is 19.5 Å². The first-order valence-corrected chi connectivity index (χ1v) is 11.0. The van der Waals surface area contributed by atoms with E-state index in [9.17, 15) is 9.59 Å². The maximum absolute atomic E-state index is 13.1. The van der Waals surface area contributed by atoms with Crippen LogP contribution in [0.1, 0.15) is 33.1 Å². The van der Waals surface area contributed by atoms with Crippen LogP contribution in [0.25, 0.3) is 0 Å². The normalized spacial score (nSPS) is 18.8. The lowest BCUT2D eigenvalue weighted by Gasteiger charge is -2.27. The third-order valence-corrected chi connectivity index (χ3v) is 6.27. The summed E-state index contributed by atoms with van der Waals surface area (Å²) in [6.45, 7) is 3.03. The molecule has 2 aliphatic rings. The molecule has 5 rings (SSSR count). The summed E-state index contributed by atoms with van der Waals surface area (Å²) in [5, 5.41) is 7.92. The molecule has 2 unspecified atom stereocenters. The number of rotatable bonds is 5. The first kappa shape index (κ1) is 21.0. The standard InChI is InChI=1S/C26H26N4O3/c1-16-3-5-17(6-4-16)14-28-25(31)18-7-12-23-21(13-18)24-22(15-27-23)26(32)30(29-24)19-8-10-20(33-2)11-9-19/h3-13,22,24,27,29H,14-15H2,1-2H3,(H,28,31). The molecule has 168 valence electrons. The van der Waals surface area contributed by atoms with E-state index in [1.54, 1.807) is 12.1 Å². The maximum atomic E-state index is 13.1. The average molecular weight is 443 g/mol. The van der Waals surface area contributed by atoms with Gasteiger partial charge in [-0.3, -0.25) is 9.59 Å². The largest absolute Gasteiger partial charge is 0.497 e. The zero-order chi connectivity index (χ0) is 22.9. The summed E-state index contributed by atoms with van der Waals surface area (Å²) < 4.78 is 5.22. The molecule has 7 heteroatoms. The van der Waals surface area contributed by atoms with E-state index >= 15 is 0 Å². The van der Waals surface area contributed by atoms with Gasteiger partial charge in [0.1, 0.15) is 5.75 Å². The summed E-state index contributed by atoms with van der Waals surface area (Å²) in [5.41, 5.74) is 8.76. The number of anilines is 2. The van der Waals surface area contributed by atoms with E-state index in [1.165, 1.54) is 5.56 Å². The molecule has 0 spiro atoms. The number of carbonyl (C=O) groups excluding carboxylic acids is 2. The Morgan fingerprint density at radius 2 is 1.85 bits per heavy atom. The second kappa shape index (κ2) is 8.60. The van der Waals surface area contributed by atoms with E-state index in [-0.39, 0.29) is 23.8 Å². The zero-order valence-electron chi connectivity index (χ0n) is 18.6. The number of amides is 2. The van der Waals surface area contributed by atoms with Gasteiger partial charge in [0.2, 0.25) is 5.91 Å². The van der Waals surface area contributed by atoms with Gasteiger partial charge in [-0.15, -0.1) is 0 Å². The predicted octanol–water partition coefficient (Wildman–Crippen LogP) is 3.57. The molecular weight excluding hydrogens is 416 g/mol. The molecule has 0 bridgehead atoms. The SMILES string of the molecule is COc1ccc(N2NC3c4cc(C(=O)NCc5ccc(C)cc5)ccc4NCC3C2=O)cc1. The third-order valence-electron chi connectivity index (χ3n) is 6.27. The summed E-state index contributed by atoms with van der Waals surface area (Å²) in [6.07, 6.45) is 0. The number of hydrogen-bond acceptors (Lipinski definition) is 5. The molecule has 0 radical (unpaired) electrons. The number of nitrogens with zero attached hydrogens (tertiary/aromatic N) is 1. The molecule has 1 saturated heterocycles. The van der Waals surface area contributed by atoms with Crippen LogP contribution in [0, 0.1) is 12.8 Å². The van der Waals surface area contributed by atoms with Gasteiger partial charge in [-0.05, 0) is 60.5 Å². The summed E-state index contributed by atoms with van der Waals surface area (Å²) in [4.78, 5) is 26.0. The Labute approximate surface area is 192 Å². The Bertz CT molecular complexity index is 1190. The summed E-state index contributed by atoms with van der Waals surface area (Å²) in [7, 11) is 1.61. The number of methoxy groups -OCH3 is 1. The predicted molar refractivity (Wildman–Crippen MR) is 127 cm³/mol. The van der Waals surface area contributed by atoms with Crippen molar-refractivity contribution in [3.05, 3.63) is 89.0 Å². The van der Waals surface area contributed by atoms with Crippen LogP contribution >= 0.6 is 0 Å². The van der Waals surface area contributed by atoms with E-state index in [2.05, 4.69) is 16.1 Å². The highest BCUT2D eigenvalue weighted by Gasteiger charge is 2.44. The molecular formula is C26H26N4O3. The Morgan fingerprint density at radius 1 is 1.09 bits per heavy atom. The first-order chi connectivity index (χ1) is 16.0. The number of hydrogen-bond donors (Lipinski definition) is 3. The highest BCUT2D eigenvalue weighted by atomic mass is 16.5. The first-order valence-electron chi connectivity index (χ1n) is 11.0. The number of fused-ring (bicyclic) bond motifs is 3. The van der Waals surface area contributed by atoms with Crippen molar-refractivity contribution in [2.24, 2.45) is 5.92 Å². The Kier molecular flexibility index (Phi) is 5.48. The molecule has 1 fully saturated rings. The molecule has 3 N–H and O–H groups in total. The van der Waals surface area contributed by atoms with Gasteiger partial charge in [0.05, 0.1) is 24.8 Å². The van der Waals surface area contributed by atoms with Crippen LogP contribution < -0.4 is 25.8 Å². The molecule has 0 saturated carbocycles. The van der Waals surface area contributed by atoms with E-state index in [0.29, 0.717) is 18.7 Å². The molecule has 2 amide bonds. The summed E-state index contributed by atoms with van der Waals surface area (Å²) in [6, 6.07) is 20.8. The van der Waals surface area contributed by atoms with Gasteiger partial charge in [0.25, 0.3) is 5.91 Å². The van der Waals surface area contributed by atoms with Crippen LogP contribution in [-0.2, 0) is 11.3 Å². The van der Waals surface area contributed by atoms with Gasteiger partial charge < -0.3 is 15.4 Å². The maximum Gasteiger partial charge on any atom is 0.251 e. The van der Waals surface area contributed by atoms with Crippen molar-refractivity contribution in [1.29, 1.82) is 0 Å². The molecule has 2 atom stereocenters. The van der Waals surface area contributed by atoms with Gasteiger partial charge in [0.15, 0.2) is 0 Å². The summed E-state index contributed by atoms with van der Waals surface area (Å²) in [5.74, 6) is 0.330. The fraction of sp³-hybridized carbons (Fsp3) is 0.231. The van der Waals surface area contributed by atoms with E-state index in [1.807, 2.05) is 73.7 Å². The minimum absolute atomic E-state index is 0.00228. The molecule has 33 heavy (non-hydrogen) atoms. The van der Waals surface area contributed by atoms with Crippen molar-refractivity contribution in [2.75, 3.05) is 24.0 Å². The van der Waals surface area contributed by atoms with Crippen LogP contribution in [0.3, 0.4) is 0 Å². The highest BCUT2D eigenvalue weighted by Crippen LogP contribution is 2.40. The lowest BCUT2D eigenvalue weighted by atomic mass is 9.88. The van der Waals surface area contributed by atoms with Crippen LogP contribution in [0.15, 0.2) is 66.7 Å². The van der Waals surface area contributed by atoms with Gasteiger partial charge >= 0.3 is 0 Å². The molecule has 0 aliphatic carbocycles. The number of aryl methyl sites for hydroxylation is 1. The average Bonchev–Trinajstić information content (AvgIpc) is 3.20. The lowest BCUT2D eigenvalue weighted by molar-refractivity contribution is -0.120. The van der Waals surface area contributed by atoms with Crippen molar-refractivity contribution in [1.82, 2.24) is 10.7 Å². The molecule has 0 aromatic heterocycles. The minimum Gasteiger partial charge on any atom is -0.497 e. The van der Waals surface area contributed by atoms with Crippen molar-refractivity contribution < 1.29 is 14.3 Å². The van der Waals surface area contributed by atoms with E-state index in [4.69, 9.17) is 4.74 Å². The molecule has 7 nitrogen and oxygen atoms in total. The fourth-order valence-electron chi connectivity index (χ4n) is 4.36. The highest BCUT2D eigenvalue weighted by molar-refractivity contribution is 5.99. The second-order valence-electron chi connectivity index (χ2n) is 8.44. The van der Waals surface area contributed by atoms with Crippen molar-refractivity contribution in [3.8, 4) is 5.75 Å². The van der Waals surface area contributed by atoms with Gasteiger partial charge in [-0.1, -0.05) is 29.8 Å². The Balaban J connectivity index is 1.35. The van der Waals surface area contributed by atoms with Crippen LogP contribution in [0.5, 0.6) is 5.75 Å². The van der Waals surface area contributed by atoms with Crippen LogP contribution in [0.2, 0.25) is 0 Å².